The van der Waals surface area contributed by atoms with Crippen LogP contribution in [-0.4, -0.2) is 60.9 Å². The van der Waals surface area contributed by atoms with Crippen molar-refractivity contribution >= 4 is 40.7 Å². The van der Waals surface area contributed by atoms with E-state index in [2.05, 4.69) is 0 Å². The predicted octanol–water partition coefficient (Wildman–Crippen LogP) is 3.99. The normalized spacial score (nSPS) is 18.3. The molecule has 0 saturated carbocycles. The molecule has 1 fully saturated rings. The number of rotatable bonds is 6. The van der Waals surface area contributed by atoms with E-state index in [0.717, 1.165) is 0 Å². The molecule has 0 bridgehead atoms. The summed E-state index contributed by atoms with van der Waals surface area (Å²) in [5, 5.41) is 11.6. The minimum Gasteiger partial charge on any atom is -0.507 e. The first kappa shape index (κ1) is 22.2. The molecule has 0 radical (unpaired) electrons. The number of hydrogen-bond donors (Lipinski definition) is 1. The second-order valence-electron chi connectivity index (χ2n) is 7.20. The molecule has 1 aliphatic rings. The van der Waals surface area contributed by atoms with Gasteiger partial charge in [-0.3, -0.25) is 9.59 Å². The lowest BCUT2D eigenvalue weighted by molar-refractivity contribution is -0.140. The Hall–Kier alpha value is -2.54. The Morgan fingerprint density at radius 1 is 1.13 bits per heavy atom. The van der Waals surface area contributed by atoms with Crippen LogP contribution in [0.5, 0.6) is 5.75 Å². The quantitative estimate of drug-likeness (QED) is 0.411. The molecular formula is C22H22Cl2N2O4. The van der Waals surface area contributed by atoms with Crippen molar-refractivity contribution in [2.45, 2.75) is 6.04 Å². The summed E-state index contributed by atoms with van der Waals surface area (Å²) in [6.45, 7) is 0.873. The van der Waals surface area contributed by atoms with Gasteiger partial charge in [0.1, 0.15) is 11.5 Å². The lowest BCUT2D eigenvalue weighted by atomic mass is 9.95. The molecular weight excluding hydrogens is 427 g/mol. The van der Waals surface area contributed by atoms with Gasteiger partial charge in [0.05, 0.1) is 28.8 Å². The maximum atomic E-state index is 13.0. The van der Waals surface area contributed by atoms with Gasteiger partial charge in [-0.15, -0.1) is 0 Å². The molecule has 6 nitrogen and oxygen atoms in total. The first-order valence-corrected chi connectivity index (χ1v) is 10.0. The molecule has 2 aromatic carbocycles. The van der Waals surface area contributed by atoms with Gasteiger partial charge in [0, 0.05) is 18.7 Å². The molecule has 8 heteroatoms. The summed E-state index contributed by atoms with van der Waals surface area (Å²) in [6, 6.07) is 10.9. The number of nitrogens with zero attached hydrogens (tertiary/aromatic N) is 2. The van der Waals surface area contributed by atoms with Gasteiger partial charge in [0.25, 0.3) is 11.7 Å². The molecule has 2 aromatic rings. The molecule has 1 aliphatic heterocycles. The van der Waals surface area contributed by atoms with E-state index in [1.807, 2.05) is 19.0 Å². The van der Waals surface area contributed by atoms with Crippen LogP contribution < -0.4 is 4.74 Å². The third-order valence-corrected chi connectivity index (χ3v) is 5.67. The molecule has 0 aromatic heterocycles. The zero-order valence-corrected chi connectivity index (χ0v) is 18.4. The van der Waals surface area contributed by atoms with Crippen LogP contribution in [0.4, 0.5) is 0 Å². The lowest BCUT2D eigenvalue weighted by Gasteiger charge is -2.26. The fraction of sp³-hybridized carbons (Fsp3) is 0.273. The van der Waals surface area contributed by atoms with E-state index >= 15 is 0 Å². The number of amides is 1. The number of hydrogen-bond acceptors (Lipinski definition) is 5. The monoisotopic (exact) mass is 448 g/mol. The summed E-state index contributed by atoms with van der Waals surface area (Å²) in [5.41, 5.74) is 0.974. The first-order valence-electron chi connectivity index (χ1n) is 9.27. The lowest BCUT2D eigenvalue weighted by Crippen LogP contribution is -2.35. The Kier molecular flexibility index (Phi) is 6.71. The van der Waals surface area contributed by atoms with Crippen LogP contribution in [0.3, 0.4) is 0 Å². The zero-order valence-electron chi connectivity index (χ0n) is 16.9. The van der Waals surface area contributed by atoms with Crippen LogP contribution in [0.15, 0.2) is 48.0 Å². The summed E-state index contributed by atoms with van der Waals surface area (Å²) in [5.74, 6) is -1.12. The van der Waals surface area contributed by atoms with Gasteiger partial charge >= 0.3 is 0 Å². The maximum absolute atomic E-state index is 13.0. The highest BCUT2D eigenvalue weighted by molar-refractivity contribution is 6.46. The summed E-state index contributed by atoms with van der Waals surface area (Å²) >= 11 is 12.1. The van der Waals surface area contributed by atoms with Crippen LogP contribution in [0, 0.1) is 0 Å². The Balaban J connectivity index is 2.17. The molecule has 1 N–H and O–H groups in total. The van der Waals surface area contributed by atoms with Crippen LogP contribution in [0.2, 0.25) is 10.0 Å². The van der Waals surface area contributed by atoms with E-state index in [1.54, 1.807) is 30.3 Å². The number of ketones is 1. The van der Waals surface area contributed by atoms with Crippen molar-refractivity contribution in [3.8, 4) is 5.75 Å². The summed E-state index contributed by atoms with van der Waals surface area (Å²) in [4.78, 5) is 29.2. The van der Waals surface area contributed by atoms with E-state index in [9.17, 15) is 14.7 Å². The van der Waals surface area contributed by atoms with Crippen LogP contribution in [0.1, 0.15) is 17.2 Å². The van der Waals surface area contributed by atoms with Crippen LogP contribution in [-0.2, 0) is 9.59 Å². The SMILES string of the molecule is COc1cccc(C2/C(=C(/O)c3ccc(Cl)c(Cl)c3)C(=O)C(=O)N2CCN(C)C)c1. The van der Waals surface area contributed by atoms with Crippen molar-refractivity contribution < 1.29 is 19.4 Å². The van der Waals surface area contributed by atoms with E-state index in [-0.39, 0.29) is 16.4 Å². The largest absolute Gasteiger partial charge is 0.507 e. The highest BCUT2D eigenvalue weighted by atomic mass is 35.5. The van der Waals surface area contributed by atoms with Gasteiger partial charge < -0.3 is 19.6 Å². The summed E-state index contributed by atoms with van der Waals surface area (Å²) in [7, 11) is 5.30. The Bertz CT molecular complexity index is 1020. The summed E-state index contributed by atoms with van der Waals surface area (Å²) < 4.78 is 5.30. The van der Waals surface area contributed by atoms with Crippen molar-refractivity contribution in [2.24, 2.45) is 0 Å². The molecule has 158 valence electrons. The number of carbonyl (C=O) groups excluding carboxylic acids is 2. The number of likely N-dealkylation sites (N-methyl/N-ethyl adjacent to an activating group) is 1. The van der Waals surface area contributed by atoms with Gasteiger partial charge in [0.15, 0.2) is 0 Å². The molecule has 1 unspecified atom stereocenters. The highest BCUT2D eigenvalue weighted by Gasteiger charge is 2.46. The minimum atomic E-state index is -0.755. The van der Waals surface area contributed by atoms with E-state index < -0.39 is 17.7 Å². The predicted molar refractivity (Wildman–Crippen MR) is 117 cm³/mol. The van der Waals surface area contributed by atoms with Crippen molar-refractivity contribution in [3.05, 3.63) is 69.2 Å². The van der Waals surface area contributed by atoms with E-state index in [4.69, 9.17) is 27.9 Å². The Morgan fingerprint density at radius 3 is 2.50 bits per heavy atom. The van der Waals surface area contributed by atoms with Crippen molar-refractivity contribution in [1.29, 1.82) is 0 Å². The highest BCUT2D eigenvalue weighted by Crippen LogP contribution is 2.40. The average molecular weight is 449 g/mol. The van der Waals surface area contributed by atoms with Gasteiger partial charge in [-0.1, -0.05) is 35.3 Å². The first-order chi connectivity index (χ1) is 14.2. The average Bonchev–Trinajstić information content (AvgIpc) is 2.98. The fourth-order valence-corrected chi connectivity index (χ4v) is 3.67. The van der Waals surface area contributed by atoms with Crippen molar-refractivity contribution in [1.82, 2.24) is 9.80 Å². The number of ether oxygens (including phenoxy) is 1. The van der Waals surface area contributed by atoms with Gasteiger partial charge in [-0.2, -0.15) is 0 Å². The van der Waals surface area contributed by atoms with Crippen LogP contribution in [0.25, 0.3) is 5.76 Å². The number of benzene rings is 2. The molecule has 0 aliphatic carbocycles. The second kappa shape index (κ2) is 9.08. The van der Waals surface area contributed by atoms with Crippen molar-refractivity contribution in [3.63, 3.8) is 0 Å². The smallest absolute Gasteiger partial charge is 0.295 e. The molecule has 3 rings (SSSR count). The second-order valence-corrected chi connectivity index (χ2v) is 8.02. The number of aliphatic hydroxyl groups excluding tert-OH is 1. The van der Waals surface area contributed by atoms with Crippen molar-refractivity contribution in [2.75, 3.05) is 34.3 Å². The minimum absolute atomic E-state index is 0.00500. The standard InChI is InChI=1S/C22H22Cl2N2O4/c1-25(2)9-10-26-19(13-5-4-6-15(11-13)30-3)18(21(28)22(26)29)20(27)14-7-8-16(23)17(24)12-14/h4-8,11-12,19,27H,9-10H2,1-3H3/b20-18-. The van der Waals surface area contributed by atoms with E-state index in [1.165, 1.54) is 24.1 Å². The number of carbonyl (C=O) groups is 2. The molecule has 0 spiro atoms. The molecule has 1 atom stereocenters. The number of halogens is 2. The van der Waals surface area contributed by atoms with Gasteiger partial charge in [0.2, 0.25) is 0 Å². The fourth-order valence-electron chi connectivity index (χ4n) is 3.38. The molecule has 30 heavy (non-hydrogen) atoms. The molecule has 1 heterocycles. The molecule has 1 amide bonds. The van der Waals surface area contributed by atoms with Gasteiger partial charge in [-0.25, -0.2) is 0 Å². The molecule has 1 saturated heterocycles. The van der Waals surface area contributed by atoms with Crippen LogP contribution >= 0.6 is 23.2 Å². The number of methoxy groups -OCH3 is 1. The number of likely N-dealkylation sites (tertiary alicyclic amines) is 1. The topological polar surface area (TPSA) is 70.1 Å². The third kappa shape index (κ3) is 4.31. The maximum Gasteiger partial charge on any atom is 0.295 e. The van der Waals surface area contributed by atoms with Gasteiger partial charge in [-0.05, 0) is 50.0 Å². The Labute approximate surface area is 185 Å². The zero-order chi connectivity index (χ0) is 22.0. The number of aliphatic hydroxyl groups is 1. The Morgan fingerprint density at radius 2 is 1.87 bits per heavy atom. The third-order valence-electron chi connectivity index (χ3n) is 4.93. The van der Waals surface area contributed by atoms with E-state index in [0.29, 0.717) is 35.0 Å². The number of Topliss-reactive ketones (excluding diaryl/α,β-unsaturated/α-hetero) is 1. The summed E-state index contributed by atoms with van der Waals surface area (Å²) in [6.07, 6.45) is 0.